The molecule has 0 spiro atoms. The molecule has 0 unspecified atom stereocenters. The van der Waals surface area contributed by atoms with Gasteiger partial charge in [0.1, 0.15) is 5.65 Å². The number of carbonyl (C=O) groups excluding carboxylic acids is 1. The average Bonchev–Trinajstić information content (AvgIpc) is 3.36. The van der Waals surface area contributed by atoms with E-state index in [4.69, 9.17) is 14.5 Å². The summed E-state index contributed by atoms with van der Waals surface area (Å²) >= 11 is 0. The number of anilines is 1. The van der Waals surface area contributed by atoms with Gasteiger partial charge >= 0.3 is 0 Å². The number of aryl methyl sites for hydroxylation is 1. The highest BCUT2D eigenvalue weighted by molar-refractivity contribution is 6.04. The second kappa shape index (κ2) is 5.89. The SMILES string of the molecule is COCc1cc2nc(C34COC(C)(C3)C4)cn2cc1C(=O)Nc1ccn(C)n1. The van der Waals surface area contributed by atoms with Gasteiger partial charge in [-0.3, -0.25) is 9.48 Å². The molecule has 3 fully saturated rings. The van der Waals surface area contributed by atoms with Crippen molar-refractivity contribution in [1.82, 2.24) is 19.2 Å². The Morgan fingerprint density at radius 1 is 1.39 bits per heavy atom. The van der Waals surface area contributed by atoms with Crippen LogP contribution in [-0.4, -0.2) is 44.4 Å². The summed E-state index contributed by atoms with van der Waals surface area (Å²) in [6, 6.07) is 3.68. The van der Waals surface area contributed by atoms with Crippen LogP contribution in [0.4, 0.5) is 5.82 Å². The Morgan fingerprint density at radius 3 is 2.86 bits per heavy atom. The van der Waals surface area contributed by atoms with Crippen molar-refractivity contribution < 1.29 is 14.3 Å². The highest BCUT2D eigenvalue weighted by Crippen LogP contribution is 2.58. The first kappa shape index (κ1) is 17.4. The van der Waals surface area contributed by atoms with E-state index in [1.807, 2.05) is 29.9 Å². The number of fused-ring (bicyclic) bond motifs is 2. The predicted molar refractivity (Wildman–Crippen MR) is 102 cm³/mol. The van der Waals surface area contributed by atoms with Crippen molar-refractivity contribution in [2.45, 2.75) is 37.4 Å². The number of nitrogens with zero attached hydrogens (tertiary/aromatic N) is 4. The second-order valence-electron chi connectivity index (χ2n) is 8.24. The lowest BCUT2D eigenvalue weighted by molar-refractivity contribution is 0.0154. The summed E-state index contributed by atoms with van der Waals surface area (Å²) in [4.78, 5) is 17.7. The Balaban J connectivity index is 1.51. The zero-order valence-electron chi connectivity index (χ0n) is 16.2. The number of imidazole rings is 1. The molecule has 28 heavy (non-hydrogen) atoms. The monoisotopic (exact) mass is 381 g/mol. The van der Waals surface area contributed by atoms with Crippen molar-refractivity contribution in [3.63, 3.8) is 0 Å². The van der Waals surface area contributed by atoms with E-state index in [1.165, 1.54) is 0 Å². The van der Waals surface area contributed by atoms with Gasteiger partial charge in [0, 0.05) is 44.2 Å². The number of hydrogen-bond acceptors (Lipinski definition) is 5. The van der Waals surface area contributed by atoms with Crippen molar-refractivity contribution in [2.75, 3.05) is 19.0 Å². The average molecular weight is 381 g/mol. The van der Waals surface area contributed by atoms with Gasteiger partial charge in [-0.1, -0.05) is 0 Å². The van der Waals surface area contributed by atoms with E-state index in [0.29, 0.717) is 24.6 Å². The molecule has 2 bridgehead atoms. The van der Waals surface area contributed by atoms with E-state index in [-0.39, 0.29) is 16.9 Å². The van der Waals surface area contributed by atoms with Gasteiger partial charge in [0.15, 0.2) is 5.82 Å². The summed E-state index contributed by atoms with van der Waals surface area (Å²) in [5, 5.41) is 7.06. The van der Waals surface area contributed by atoms with Crippen LogP contribution in [0, 0.1) is 0 Å². The van der Waals surface area contributed by atoms with Crippen molar-refractivity contribution in [3.05, 3.63) is 47.5 Å². The number of rotatable bonds is 5. The van der Waals surface area contributed by atoms with Crippen molar-refractivity contribution >= 4 is 17.4 Å². The normalized spacial score (nSPS) is 25.8. The first-order chi connectivity index (χ1) is 13.4. The number of hydrogen-bond donors (Lipinski definition) is 1. The molecule has 0 atom stereocenters. The van der Waals surface area contributed by atoms with E-state index in [2.05, 4.69) is 17.3 Å². The maximum absolute atomic E-state index is 12.9. The summed E-state index contributed by atoms with van der Waals surface area (Å²) in [6.45, 7) is 3.20. The minimum absolute atomic E-state index is 0.00470. The van der Waals surface area contributed by atoms with Crippen LogP contribution in [0.15, 0.2) is 30.7 Å². The van der Waals surface area contributed by atoms with Crippen LogP contribution >= 0.6 is 0 Å². The molecule has 0 radical (unpaired) electrons. The molecule has 5 heterocycles. The zero-order valence-corrected chi connectivity index (χ0v) is 16.2. The number of methoxy groups -OCH3 is 1. The summed E-state index contributed by atoms with van der Waals surface area (Å²) in [5.41, 5.74) is 3.20. The van der Waals surface area contributed by atoms with Gasteiger partial charge in [-0.05, 0) is 31.4 Å². The molecule has 8 nitrogen and oxygen atoms in total. The van der Waals surface area contributed by atoms with Crippen LogP contribution in [0.3, 0.4) is 0 Å². The molecule has 3 aromatic heterocycles. The molecule has 8 heteroatoms. The van der Waals surface area contributed by atoms with Crippen molar-refractivity contribution in [3.8, 4) is 0 Å². The van der Waals surface area contributed by atoms with E-state index < -0.39 is 0 Å². The molecule has 3 aliphatic rings. The minimum atomic E-state index is -0.221. The highest BCUT2D eigenvalue weighted by Gasteiger charge is 2.61. The third-order valence-corrected chi connectivity index (χ3v) is 5.84. The maximum Gasteiger partial charge on any atom is 0.258 e. The molecule has 2 aliphatic heterocycles. The summed E-state index contributed by atoms with van der Waals surface area (Å²) < 4.78 is 14.8. The van der Waals surface area contributed by atoms with Gasteiger partial charge < -0.3 is 19.2 Å². The molecule has 0 aromatic carbocycles. The van der Waals surface area contributed by atoms with E-state index in [1.54, 1.807) is 24.1 Å². The maximum atomic E-state index is 12.9. The lowest BCUT2D eigenvalue weighted by Gasteiger charge is -2.41. The first-order valence-corrected chi connectivity index (χ1v) is 9.36. The van der Waals surface area contributed by atoms with Crippen LogP contribution in [0.2, 0.25) is 0 Å². The Labute approximate surface area is 162 Å². The fourth-order valence-electron chi connectivity index (χ4n) is 4.63. The number of pyridine rings is 1. The molecule has 146 valence electrons. The van der Waals surface area contributed by atoms with E-state index in [0.717, 1.165) is 29.7 Å². The molecule has 1 saturated carbocycles. The molecular weight excluding hydrogens is 358 g/mol. The highest BCUT2D eigenvalue weighted by atomic mass is 16.5. The number of carbonyl (C=O) groups is 1. The van der Waals surface area contributed by atoms with Gasteiger partial charge in [0.25, 0.3) is 5.91 Å². The number of amides is 1. The third kappa shape index (κ3) is 2.63. The molecule has 6 rings (SSSR count). The topological polar surface area (TPSA) is 82.7 Å². The lowest BCUT2D eigenvalue weighted by Crippen LogP contribution is -2.45. The van der Waals surface area contributed by atoms with E-state index >= 15 is 0 Å². The summed E-state index contributed by atoms with van der Waals surface area (Å²) in [6.07, 6.45) is 7.64. The number of nitrogens with one attached hydrogen (secondary N) is 1. The Bertz CT molecular complexity index is 1080. The lowest BCUT2D eigenvalue weighted by atomic mass is 9.62. The Kier molecular flexibility index (Phi) is 3.66. The predicted octanol–water partition coefficient (Wildman–Crippen LogP) is 2.29. The largest absolute Gasteiger partial charge is 0.380 e. The first-order valence-electron chi connectivity index (χ1n) is 9.36. The smallest absolute Gasteiger partial charge is 0.258 e. The molecule has 3 aromatic rings. The second-order valence-corrected chi connectivity index (χ2v) is 8.24. The third-order valence-electron chi connectivity index (χ3n) is 5.84. The van der Waals surface area contributed by atoms with Crippen molar-refractivity contribution in [1.29, 1.82) is 0 Å². The van der Waals surface area contributed by atoms with Gasteiger partial charge in [-0.25, -0.2) is 4.98 Å². The fourth-order valence-corrected chi connectivity index (χ4v) is 4.63. The zero-order chi connectivity index (χ0) is 19.5. The van der Waals surface area contributed by atoms with Crippen LogP contribution < -0.4 is 5.32 Å². The van der Waals surface area contributed by atoms with Gasteiger partial charge in [0.2, 0.25) is 0 Å². The Hall–Kier alpha value is -2.71. The Morgan fingerprint density at radius 2 is 2.21 bits per heavy atom. The van der Waals surface area contributed by atoms with Gasteiger partial charge in [-0.15, -0.1) is 0 Å². The molecule has 1 amide bonds. The van der Waals surface area contributed by atoms with Crippen LogP contribution in [0.25, 0.3) is 5.65 Å². The van der Waals surface area contributed by atoms with Gasteiger partial charge in [0.05, 0.1) is 30.1 Å². The fraction of sp³-hybridized carbons (Fsp3) is 0.450. The quantitative estimate of drug-likeness (QED) is 0.733. The van der Waals surface area contributed by atoms with Crippen molar-refractivity contribution in [2.24, 2.45) is 7.05 Å². The molecule has 1 aliphatic carbocycles. The minimum Gasteiger partial charge on any atom is -0.380 e. The van der Waals surface area contributed by atoms with E-state index in [9.17, 15) is 4.79 Å². The summed E-state index contributed by atoms with van der Waals surface area (Å²) in [5.74, 6) is 0.291. The summed E-state index contributed by atoms with van der Waals surface area (Å²) in [7, 11) is 3.42. The van der Waals surface area contributed by atoms with Gasteiger partial charge in [-0.2, -0.15) is 5.10 Å². The van der Waals surface area contributed by atoms with Crippen LogP contribution in [-0.2, 0) is 28.5 Å². The molecule has 1 N–H and O–H groups in total. The van der Waals surface area contributed by atoms with Crippen LogP contribution in [0.1, 0.15) is 41.4 Å². The molecule has 2 saturated heterocycles. The molecular formula is C20H23N5O3. The number of aromatic nitrogens is 4. The standard InChI is InChI=1S/C20H23N5O3/c1-19-10-20(11-19,12-28-19)15-8-25-7-14(13(9-27-3)6-17(25)21-15)18(26)22-16-4-5-24(2)23-16/h4-8H,9-12H2,1-3H3,(H,22,23,26). The van der Waals surface area contributed by atoms with Crippen LogP contribution in [0.5, 0.6) is 0 Å². The number of ether oxygens (including phenoxy) is 2.